The summed E-state index contributed by atoms with van der Waals surface area (Å²) < 4.78 is 31.9. The highest BCUT2D eigenvalue weighted by atomic mass is 35.5. The molecular weight excluding hydrogens is 341 g/mol. The van der Waals surface area contributed by atoms with Gasteiger partial charge in [-0.3, -0.25) is 0 Å². The van der Waals surface area contributed by atoms with Crippen molar-refractivity contribution in [2.75, 3.05) is 13.7 Å². The quantitative estimate of drug-likeness (QED) is 0.817. The van der Waals surface area contributed by atoms with Crippen molar-refractivity contribution in [1.29, 1.82) is 0 Å². The summed E-state index contributed by atoms with van der Waals surface area (Å²) in [6.07, 6.45) is 0. The molecule has 0 unspecified atom stereocenters. The zero-order chi connectivity index (χ0) is 16.4. The van der Waals surface area contributed by atoms with Crippen LogP contribution in [0, 0.1) is 0 Å². The molecule has 0 bridgehead atoms. The maximum atomic E-state index is 12.2. The number of hydrogen-bond acceptors (Lipinski definition) is 4. The number of carboxylic acid groups (broad SMARTS) is 1. The van der Waals surface area contributed by atoms with Gasteiger partial charge < -0.3 is 9.84 Å². The van der Waals surface area contributed by atoms with Gasteiger partial charge in [0.15, 0.2) is 0 Å². The molecule has 0 aromatic heterocycles. The fourth-order valence-electron chi connectivity index (χ4n) is 1.32. The van der Waals surface area contributed by atoms with Crippen LogP contribution < -0.4 is 4.72 Å². The largest absolute Gasteiger partial charge is 0.478 e. The van der Waals surface area contributed by atoms with E-state index in [9.17, 15) is 13.2 Å². The first-order chi connectivity index (χ1) is 9.50. The van der Waals surface area contributed by atoms with Crippen molar-refractivity contribution in [3.8, 4) is 0 Å². The van der Waals surface area contributed by atoms with Gasteiger partial charge in [-0.25, -0.2) is 17.9 Å². The molecule has 2 N–H and O–H groups in total. The molecule has 0 amide bonds. The number of hydrogen-bond donors (Lipinski definition) is 2. The van der Waals surface area contributed by atoms with Gasteiger partial charge in [0.1, 0.15) is 4.90 Å². The molecule has 1 aromatic rings. The van der Waals surface area contributed by atoms with Crippen molar-refractivity contribution in [1.82, 2.24) is 4.72 Å². The smallest absolute Gasteiger partial charge is 0.337 e. The predicted molar refractivity (Wildman–Crippen MR) is 79.7 cm³/mol. The van der Waals surface area contributed by atoms with Gasteiger partial charge in [0.2, 0.25) is 10.0 Å². The third-order valence-electron chi connectivity index (χ3n) is 2.78. The molecule has 0 saturated carbocycles. The van der Waals surface area contributed by atoms with Crippen LogP contribution in [0.1, 0.15) is 24.2 Å². The van der Waals surface area contributed by atoms with Gasteiger partial charge in [-0.05, 0) is 26.0 Å². The van der Waals surface area contributed by atoms with E-state index >= 15 is 0 Å². The molecule has 9 heteroatoms. The van der Waals surface area contributed by atoms with E-state index in [0.29, 0.717) is 0 Å². The lowest BCUT2D eigenvalue weighted by Crippen LogP contribution is -2.39. The summed E-state index contributed by atoms with van der Waals surface area (Å²) in [5.41, 5.74) is -1.06. The van der Waals surface area contributed by atoms with Crippen molar-refractivity contribution in [2.45, 2.75) is 24.3 Å². The second kappa shape index (κ2) is 6.50. The normalized spacial score (nSPS) is 12.4. The molecule has 0 spiro atoms. The van der Waals surface area contributed by atoms with Crippen LogP contribution in [0.15, 0.2) is 17.0 Å². The number of carbonyl (C=O) groups is 1. The summed E-state index contributed by atoms with van der Waals surface area (Å²) in [6.45, 7) is 3.39. The molecule has 1 rings (SSSR count). The minimum absolute atomic E-state index is 0.00675. The molecule has 0 heterocycles. The Morgan fingerprint density at radius 1 is 1.33 bits per heavy atom. The van der Waals surface area contributed by atoms with Crippen molar-refractivity contribution in [3.05, 3.63) is 27.7 Å². The number of methoxy groups -OCH3 is 1. The van der Waals surface area contributed by atoms with Crippen molar-refractivity contribution < 1.29 is 23.1 Å². The molecule has 0 aliphatic rings. The zero-order valence-electron chi connectivity index (χ0n) is 11.6. The number of rotatable bonds is 6. The highest BCUT2D eigenvalue weighted by Crippen LogP contribution is 2.28. The summed E-state index contributed by atoms with van der Waals surface area (Å²) in [4.78, 5) is 10.7. The Morgan fingerprint density at radius 2 is 1.90 bits per heavy atom. The van der Waals surface area contributed by atoms with Crippen LogP contribution in [-0.2, 0) is 14.8 Å². The van der Waals surface area contributed by atoms with Crippen LogP contribution in [0.5, 0.6) is 0 Å². The van der Waals surface area contributed by atoms with Crippen molar-refractivity contribution in [3.63, 3.8) is 0 Å². The second-order valence-corrected chi connectivity index (χ2v) is 7.41. The van der Waals surface area contributed by atoms with E-state index in [-0.39, 0.29) is 27.0 Å². The zero-order valence-corrected chi connectivity index (χ0v) is 13.9. The number of halogens is 2. The molecule has 0 radical (unpaired) electrons. The van der Waals surface area contributed by atoms with Gasteiger partial charge in [-0.15, -0.1) is 0 Å². The average molecular weight is 356 g/mol. The van der Waals surface area contributed by atoms with Crippen LogP contribution in [0.3, 0.4) is 0 Å². The third-order valence-corrected chi connectivity index (χ3v) is 4.96. The van der Waals surface area contributed by atoms with Gasteiger partial charge >= 0.3 is 5.97 Å². The van der Waals surface area contributed by atoms with Crippen LogP contribution in [0.4, 0.5) is 0 Å². The Hall–Kier alpha value is -0.860. The summed E-state index contributed by atoms with van der Waals surface area (Å²) >= 11 is 11.6. The van der Waals surface area contributed by atoms with E-state index in [2.05, 4.69) is 4.72 Å². The highest BCUT2D eigenvalue weighted by Gasteiger charge is 2.25. The fourth-order valence-corrected chi connectivity index (χ4v) is 3.37. The Labute approximate surface area is 133 Å². The molecule has 0 fully saturated rings. The number of benzene rings is 1. The topological polar surface area (TPSA) is 92.7 Å². The van der Waals surface area contributed by atoms with Gasteiger partial charge in [0.05, 0.1) is 21.2 Å². The van der Waals surface area contributed by atoms with Crippen molar-refractivity contribution >= 4 is 39.2 Å². The lowest BCUT2D eigenvalue weighted by atomic mass is 10.1. The lowest BCUT2D eigenvalue weighted by molar-refractivity contribution is 0.0276. The first-order valence-electron chi connectivity index (χ1n) is 5.77. The molecule has 6 nitrogen and oxygen atoms in total. The number of ether oxygens (including phenoxy) is 1. The van der Waals surface area contributed by atoms with E-state index in [1.165, 1.54) is 7.11 Å². The Balaban J connectivity index is 3.20. The summed E-state index contributed by atoms with van der Waals surface area (Å²) in [5, 5.41) is 8.69. The molecule has 21 heavy (non-hydrogen) atoms. The predicted octanol–water partition coefficient (Wildman–Crippen LogP) is 2.39. The molecule has 118 valence electrons. The fraction of sp³-hybridized carbons (Fsp3) is 0.417. The van der Waals surface area contributed by atoms with E-state index < -0.39 is 21.6 Å². The molecule has 0 atom stereocenters. The maximum Gasteiger partial charge on any atom is 0.337 e. The lowest BCUT2D eigenvalue weighted by Gasteiger charge is -2.23. The van der Waals surface area contributed by atoms with Crippen LogP contribution in [-0.4, -0.2) is 38.7 Å². The standard InChI is InChI=1S/C12H15Cl2NO5S/c1-12(2,20-3)6-15-21(18,19)10-4-7(11(16)17)8(13)5-9(10)14/h4-5,15H,6H2,1-3H3,(H,16,17). The van der Waals surface area contributed by atoms with Gasteiger partial charge in [0, 0.05) is 13.7 Å². The SMILES string of the molecule is COC(C)(C)CNS(=O)(=O)c1cc(C(=O)O)c(Cl)cc1Cl. The molecule has 0 saturated heterocycles. The second-order valence-electron chi connectivity index (χ2n) is 4.86. The summed E-state index contributed by atoms with van der Waals surface area (Å²) in [5.74, 6) is -1.34. The van der Waals surface area contributed by atoms with E-state index in [4.69, 9.17) is 33.0 Å². The van der Waals surface area contributed by atoms with Crippen molar-refractivity contribution in [2.24, 2.45) is 0 Å². The van der Waals surface area contributed by atoms with E-state index in [1.54, 1.807) is 13.8 Å². The van der Waals surface area contributed by atoms with E-state index in [0.717, 1.165) is 12.1 Å². The average Bonchev–Trinajstić information content (AvgIpc) is 2.36. The number of sulfonamides is 1. The summed E-state index contributed by atoms with van der Waals surface area (Å²) in [6, 6.07) is 2.01. The van der Waals surface area contributed by atoms with E-state index in [1.807, 2.05) is 0 Å². The number of aromatic carboxylic acids is 1. The molecule has 1 aromatic carbocycles. The Bertz CT molecular complexity index is 658. The monoisotopic (exact) mass is 355 g/mol. The van der Waals surface area contributed by atoms with Crippen LogP contribution in [0.2, 0.25) is 10.0 Å². The third kappa shape index (κ3) is 4.55. The number of carboxylic acids is 1. The Morgan fingerprint density at radius 3 is 2.38 bits per heavy atom. The Kier molecular flexibility index (Phi) is 5.63. The van der Waals surface area contributed by atoms with Gasteiger partial charge in [0.25, 0.3) is 0 Å². The molecular formula is C12H15Cl2NO5S. The molecule has 0 aliphatic heterocycles. The first kappa shape index (κ1) is 18.2. The minimum atomic E-state index is -3.99. The van der Waals surface area contributed by atoms with Gasteiger partial charge in [-0.1, -0.05) is 23.2 Å². The van der Waals surface area contributed by atoms with Crippen LogP contribution >= 0.6 is 23.2 Å². The maximum absolute atomic E-state index is 12.2. The first-order valence-corrected chi connectivity index (χ1v) is 8.01. The highest BCUT2D eigenvalue weighted by molar-refractivity contribution is 7.89. The number of nitrogens with one attached hydrogen (secondary N) is 1. The summed E-state index contributed by atoms with van der Waals surface area (Å²) in [7, 11) is -2.54. The van der Waals surface area contributed by atoms with Crippen LogP contribution in [0.25, 0.3) is 0 Å². The van der Waals surface area contributed by atoms with Gasteiger partial charge in [-0.2, -0.15) is 0 Å². The minimum Gasteiger partial charge on any atom is -0.478 e. The molecule has 0 aliphatic carbocycles.